The summed E-state index contributed by atoms with van der Waals surface area (Å²) in [6, 6.07) is 4.03. The first-order chi connectivity index (χ1) is 16.1. The number of H-pyrrole nitrogens is 1. The minimum absolute atomic E-state index is 0.158. The summed E-state index contributed by atoms with van der Waals surface area (Å²) >= 11 is 0. The van der Waals surface area contributed by atoms with E-state index in [9.17, 15) is 29.0 Å². The highest BCUT2D eigenvalue weighted by atomic mass is 19.1. The molecule has 1 aliphatic rings. The molecule has 0 spiro atoms. The van der Waals surface area contributed by atoms with Crippen LogP contribution in [0.3, 0.4) is 0 Å². The van der Waals surface area contributed by atoms with Crippen LogP contribution in [-0.2, 0) is 18.4 Å². The van der Waals surface area contributed by atoms with E-state index in [1.807, 2.05) is 0 Å². The number of halogens is 1. The Morgan fingerprint density at radius 1 is 1.29 bits per heavy atom. The predicted octanol–water partition coefficient (Wildman–Crippen LogP) is 1.26. The van der Waals surface area contributed by atoms with Crippen LogP contribution in [0.15, 0.2) is 29.2 Å². The molecule has 0 radical (unpaired) electrons. The Bertz CT molecular complexity index is 1400. The number of benzene rings is 1. The zero-order valence-electron chi connectivity index (χ0n) is 18.8. The van der Waals surface area contributed by atoms with E-state index in [0.29, 0.717) is 33.8 Å². The fourth-order valence-electron chi connectivity index (χ4n) is 4.04. The summed E-state index contributed by atoms with van der Waals surface area (Å²) in [5.41, 5.74) is 2.71. The van der Waals surface area contributed by atoms with E-state index in [0.717, 1.165) is 4.57 Å². The number of aliphatic hydroxyl groups is 1. The van der Waals surface area contributed by atoms with Crippen LogP contribution in [0.4, 0.5) is 10.1 Å². The number of rotatable bonds is 6. The van der Waals surface area contributed by atoms with Crippen LogP contribution in [0.5, 0.6) is 5.88 Å². The van der Waals surface area contributed by atoms with Crippen molar-refractivity contribution in [2.45, 2.75) is 26.5 Å². The first-order valence-electron chi connectivity index (χ1n) is 10.5. The van der Waals surface area contributed by atoms with E-state index in [-0.39, 0.29) is 30.4 Å². The van der Waals surface area contributed by atoms with Crippen LogP contribution in [0.25, 0.3) is 11.6 Å². The first kappa shape index (κ1) is 23.1. The number of hydrogen-bond acceptors (Lipinski definition) is 5. The molecule has 3 heterocycles. The molecule has 0 aliphatic carbocycles. The van der Waals surface area contributed by atoms with Crippen molar-refractivity contribution < 1.29 is 24.2 Å². The van der Waals surface area contributed by atoms with Gasteiger partial charge in [-0.2, -0.15) is 0 Å². The molecule has 5 N–H and O–H groups in total. The molecule has 3 aromatic rings. The number of fused-ring (bicyclic) bond motifs is 1. The standard InChI is InChI=1S/C23H24FN5O5/c1-11-18(7-16-15-6-13(24)4-5-17(15)27-21(16)32)26-12(2)20(11)22(33)25-8-14(30)9-29-19(31)10-28(3)23(29)34/h4-7,10,14,26,30-31H,8-9H2,1-3H3,(H,25,33)(H,27,32)/t14-/m1/s1. The second-order valence-corrected chi connectivity index (χ2v) is 8.22. The molecule has 1 atom stereocenters. The highest BCUT2D eigenvalue weighted by molar-refractivity contribution is 6.34. The SMILES string of the molecule is Cc1[nH]c(C=C2C(=O)Nc3ccc(F)cc32)c(C)c1C(=O)NC[C@@H](O)Cn1c(O)cn(C)c1=O. The molecule has 4 rings (SSSR count). The number of aromatic nitrogens is 3. The Morgan fingerprint density at radius 2 is 2.03 bits per heavy atom. The Balaban J connectivity index is 1.51. The molecule has 0 fully saturated rings. The second kappa shape index (κ2) is 8.67. The molecular formula is C23H24FN5O5. The van der Waals surface area contributed by atoms with Crippen molar-refractivity contribution in [3.63, 3.8) is 0 Å². The normalized spacial score (nSPS) is 14.9. The lowest BCUT2D eigenvalue weighted by Crippen LogP contribution is -2.37. The number of carbonyl (C=O) groups excluding carboxylic acids is 2. The molecule has 178 valence electrons. The van der Waals surface area contributed by atoms with Gasteiger partial charge in [0.25, 0.3) is 11.8 Å². The van der Waals surface area contributed by atoms with Gasteiger partial charge in [-0.15, -0.1) is 0 Å². The topological polar surface area (TPSA) is 141 Å². The van der Waals surface area contributed by atoms with E-state index >= 15 is 0 Å². The maximum absolute atomic E-state index is 13.7. The first-order valence-corrected chi connectivity index (χ1v) is 10.5. The van der Waals surface area contributed by atoms with Crippen LogP contribution in [0.2, 0.25) is 0 Å². The fourth-order valence-corrected chi connectivity index (χ4v) is 4.04. The lowest BCUT2D eigenvalue weighted by molar-refractivity contribution is -0.110. The van der Waals surface area contributed by atoms with Gasteiger partial charge in [-0.1, -0.05) is 0 Å². The number of imidazole rings is 1. The Hall–Kier alpha value is -4.12. The lowest BCUT2D eigenvalue weighted by atomic mass is 10.0. The van der Waals surface area contributed by atoms with Gasteiger partial charge in [-0.05, 0) is 43.7 Å². The zero-order valence-corrected chi connectivity index (χ0v) is 18.8. The van der Waals surface area contributed by atoms with Crippen LogP contribution in [0, 0.1) is 19.7 Å². The molecule has 2 amide bonds. The third-order valence-electron chi connectivity index (χ3n) is 5.77. The average molecular weight is 469 g/mol. The maximum Gasteiger partial charge on any atom is 0.330 e. The summed E-state index contributed by atoms with van der Waals surface area (Å²) in [5.74, 6) is -1.58. The summed E-state index contributed by atoms with van der Waals surface area (Å²) in [4.78, 5) is 40.2. The van der Waals surface area contributed by atoms with Crippen molar-refractivity contribution >= 4 is 29.2 Å². The minimum atomic E-state index is -1.12. The smallest absolute Gasteiger partial charge is 0.330 e. The highest BCUT2D eigenvalue weighted by Gasteiger charge is 2.26. The number of aromatic amines is 1. The Labute approximate surface area is 193 Å². The number of anilines is 1. The van der Waals surface area contributed by atoms with E-state index in [4.69, 9.17) is 0 Å². The van der Waals surface area contributed by atoms with Gasteiger partial charge in [0.2, 0.25) is 5.88 Å². The number of aryl methyl sites for hydroxylation is 2. The number of amides is 2. The number of nitrogens with one attached hydrogen (secondary N) is 3. The third kappa shape index (κ3) is 4.13. The van der Waals surface area contributed by atoms with Crippen molar-refractivity contribution in [1.82, 2.24) is 19.4 Å². The van der Waals surface area contributed by atoms with Gasteiger partial charge in [-0.3, -0.25) is 18.7 Å². The van der Waals surface area contributed by atoms with E-state index < -0.39 is 23.5 Å². The van der Waals surface area contributed by atoms with E-state index in [1.165, 1.54) is 36.0 Å². The van der Waals surface area contributed by atoms with Crippen LogP contribution in [-0.4, -0.2) is 48.8 Å². The molecule has 0 saturated heterocycles. The van der Waals surface area contributed by atoms with Gasteiger partial charge >= 0.3 is 5.69 Å². The minimum Gasteiger partial charge on any atom is -0.493 e. The number of hydrogen-bond donors (Lipinski definition) is 5. The van der Waals surface area contributed by atoms with Gasteiger partial charge in [0.05, 0.1) is 30.0 Å². The zero-order chi connectivity index (χ0) is 24.7. The largest absolute Gasteiger partial charge is 0.493 e. The molecule has 0 saturated carbocycles. The van der Waals surface area contributed by atoms with Crippen molar-refractivity contribution in [1.29, 1.82) is 0 Å². The lowest BCUT2D eigenvalue weighted by Gasteiger charge is -2.13. The van der Waals surface area contributed by atoms with Gasteiger partial charge < -0.3 is 25.8 Å². The number of aliphatic hydroxyl groups excluding tert-OH is 1. The number of aromatic hydroxyl groups is 1. The molecule has 1 aliphatic heterocycles. The maximum atomic E-state index is 13.7. The van der Waals surface area contributed by atoms with Crippen LogP contribution >= 0.6 is 0 Å². The average Bonchev–Trinajstić information content (AvgIpc) is 3.32. The van der Waals surface area contributed by atoms with Crippen molar-refractivity contribution in [3.05, 3.63) is 68.8 Å². The number of carbonyl (C=O) groups is 2. The quantitative estimate of drug-likeness (QED) is 0.346. The summed E-state index contributed by atoms with van der Waals surface area (Å²) < 4.78 is 15.9. The molecule has 34 heavy (non-hydrogen) atoms. The summed E-state index contributed by atoms with van der Waals surface area (Å²) in [7, 11) is 1.47. The summed E-state index contributed by atoms with van der Waals surface area (Å²) in [6.45, 7) is 3.06. The molecule has 11 heteroatoms. The third-order valence-corrected chi connectivity index (χ3v) is 5.77. The van der Waals surface area contributed by atoms with E-state index in [1.54, 1.807) is 19.9 Å². The predicted molar refractivity (Wildman–Crippen MR) is 123 cm³/mol. The highest BCUT2D eigenvalue weighted by Crippen LogP contribution is 2.34. The van der Waals surface area contributed by atoms with Gasteiger partial charge in [0.15, 0.2) is 0 Å². The molecular weight excluding hydrogens is 445 g/mol. The second-order valence-electron chi connectivity index (χ2n) is 8.22. The Morgan fingerprint density at radius 3 is 2.71 bits per heavy atom. The van der Waals surface area contributed by atoms with Gasteiger partial charge in [0, 0.05) is 36.2 Å². The van der Waals surface area contributed by atoms with Crippen molar-refractivity contribution in [2.24, 2.45) is 7.05 Å². The van der Waals surface area contributed by atoms with Crippen molar-refractivity contribution in [3.8, 4) is 5.88 Å². The van der Waals surface area contributed by atoms with Gasteiger partial charge in [-0.25, -0.2) is 9.18 Å². The molecule has 2 aromatic heterocycles. The summed E-state index contributed by atoms with van der Waals surface area (Å²) in [5, 5.41) is 25.3. The molecule has 0 bridgehead atoms. The van der Waals surface area contributed by atoms with E-state index in [2.05, 4.69) is 15.6 Å². The summed E-state index contributed by atoms with van der Waals surface area (Å²) in [6.07, 6.45) is 1.68. The Kier molecular flexibility index (Phi) is 5.88. The van der Waals surface area contributed by atoms with Gasteiger partial charge in [0.1, 0.15) is 5.82 Å². The molecule has 10 nitrogen and oxygen atoms in total. The molecule has 1 aromatic carbocycles. The van der Waals surface area contributed by atoms with Crippen LogP contribution < -0.4 is 16.3 Å². The monoisotopic (exact) mass is 469 g/mol. The van der Waals surface area contributed by atoms with Crippen molar-refractivity contribution in [2.75, 3.05) is 11.9 Å². The molecule has 0 unspecified atom stereocenters. The fraction of sp³-hybridized carbons (Fsp3) is 0.261. The van der Waals surface area contributed by atoms with Crippen LogP contribution in [0.1, 0.15) is 32.9 Å². The number of nitrogens with zero attached hydrogens (tertiary/aromatic N) is 2.